The van der Waals surface area contributed by atoms with Crippen molar-refractivity contribution in [1.82, 2.24) is 20.0 Å². The van der Waals surface area contributed by atoms with E-state index < -0.39 is 0 Å². The van der Waals surface area contributed by atoms with Gasteiger partial charge in [-0.2, -0.15) is 4.98 Å². The predicted molar refractivity (Wildman–Crippen MR) is 97.2 cm³/mol. The highest BCUT2D eigenvalue weighted by Gasteiger charge is 2.10. The first-order chi connectivity index (χ1) is 11.7. The summed E-state index contributed by atoms with van der Waals surface area (Å²) in [4.78, 5) is 10.2. The minimum Gasteiger partial charge on any atom is -0.386 e. The average Bonchev–Trinajstić information content (AvgIpc) is 3.37. The molecule has 0 aliphatic carbocycles. The molecule has 0 aromatic carbocycles. The molecule has 0 radical (unpaired) electrons. The van der Waals surface area contributed by atoms with Crippen molar-refractivity contribution in [2.24, 2.45) is 5.73 Å². The molecule has 2 aromatic rings. The summed E-state index contributed by atoms with van der Waals surface area (Å²) in [6, 6.07) is 3.73. The van der Waals surface area contributed by atoms with Crippen LogP contribution in [-0.4, -0.2) is 40.2 Å². The summed E-state index contributed by atoms with van der Waals surface area (Å²) in [6.07, 6.45) is 7.55. The number of anilines is 1. The molecular weight excluding hydrogens is 304 g/mol. The summed E-state index contributed by atoms with van der Waals surface area (Å²) in [5.41, 5.74) is 6.51. The highest BCUT2D eigenvalue weighted by molar-refractivity contribution is 5.54. The number of aromatic nitrogens is 3. The van der Waals surface area contributed by atoms with Crippen molar-refractivity contribution in [3.63, 3.8) is 0 Å². The Morgan fingerprint density at radius 2 is 1.96 bits per heavy atom. The first kappa shape index (κ1) is 19.5. The minimum absolute atomic E-state index is 0.551. The lowest BCUT2D eigenvalue weighted by Gasteiger charge is -2.16. The molecule has 24 heavy (non-hydrogen) atoms. The average molecular weight is 332 g/mol. The summed E-state index contributed by atoms with van der Waals surface area (Å²) in [5, 5.41) is 6.62. The number of nitrogens with two attached hydrogens (primary N) is 1. The first-order valence-corrected chi connectivity index (χ1v) is 8.32. The van der Waals surface area contributed by atoms with Crippen LogP contribution in [0.2, 0.25) is 0 Å². The number of hydrogen-bond donors (Lipinski definition) is 2. The van der Waals surface area contributed by atoms with Crippen LogP contribution in [0.5, 0.6) is 0 Å². The third-order valence-electron chi connectivity index (χ3n) is 3.41. The van der Waals surface area contributed by atoms with Crippen LogP contribution in [0.1, 0.15) is 33.6 Å². The van der Waals surface area contributed by atoms with Crippen LogP contribution in [-0.2, 0) is 0 Å². The van der Waals surface area contributed by atoms with Gasteiger partial charge in [0, 0.05) is 31.9 Å². The Balaban J connectivity index is 0.000000230. The second-order valence-corrected chi connectivity index (χ2v) is 4.84. The fraction of sp³-hybridized carbons (Fsp3) is 0.471. The normalized spacial score (nSPS) is 13.5. The van der Waals surface area contributed by atoms with Gasteiger partial charge >= 0.3 is 0 Å². The Kier molecular flexibility index (Phi) is 8.96. The van der Waals surface area contributed by atoms with Crippen molar-refractivity contribution in [2.75, 3.05) is 25.5 Å². The third-order valence-corrected chi connectivity index (χ3v) is 3.41. The van der Waals surface area contributed by atoms with Gasteiger partial charge in [0.05, 0.1) is 5.82 Å². The van der Waals surface area contributed by atoms with Crippen molar-refractivity contribution in [1.29, 1.82) is 0 Å². The van der Waals surface area contributed by atoms with Gasteiger partial charge in [-0.1, -0.05) is 19.0 Å². The number of nitrogens with one attached hydrogen (secondary N) is 1. The summed E-state index contributed by atoms with van der Waals surface area (Å²) in [7, 11) is 1.82. The molecule has 3 rings (SSSR count). The number of allylic oxidation sites excluding steroid dienone is 1. The summed E-state index contributed by atoms with van der Waals surface area (Å²) in [5.74, 6) is 2.30. The maximum absolute atomic E-state index is 5.67. The highest BCUT2D eigenvalue weighted by atomic mass is 16.5. The zero-order chi connectivity index (χ0) is 17.8. The van der Waals surface area contributed by atoms with Crippen LogP contribution >= 0.6 is 0 Å². The smallest absolute Gasteiger partial charge is 0.214 e. The Morgan fingerprint density at radius 3 is 2.42 bits per heavy atom. The molecule has 0 bridgehead atoms. The van der Waals surface area contributed by atoms with Crippen LogP contribution in [0, 0.1) is 0 Å². The number of pyridine rings is 1. The lowest BCUT2D eigenvalue weighted by molar-refractivity contribution is 0.418. The van der Waals surface area contributed by atoms with Crippen LogP contribution in [0.15, 0.2) is 41.1 Å². The van der Waals surface area contributed by atoms with Gasteiger partial charge in [0.1, 0.15) is 5.82 Å². The van der Waals surface area contributed by atoms with Crippen LogP contribution in [0.3, 0.4) is 0 Å². The molecule has 132 valence electrons. The second kappa shape index (κ2) is 11.0. The highest BCUT2D eigenvalue weighted by Crippen LogP contribution is 2.14. The van der Waals surface area contributed by atoms with Gasteiger partial charge in [0.15, 0.2) is 0 Å². The van der Waals surface area contributed by atoms with Gasteiger partial charge in [-0.25, -0.2) is 4.98 Å². The molecule has 2 aromatic heterocycles. The molecular formula is C17H28N6O. The van der Waals surface area contributed by atoms with Crippen molar-refractivity contribution < 1.29 is 4.52 Å². The Labute approximate surface area is 144 Å². The number of nitrogens with zero attached hydrogens (tertiary/aromatic N) is 4. The maximum atomic E-state index is 5.67. The SMILES string of the molecule is C/C=C(/N)N1CCCC1.CC.CNc1ccc(-c2ncon2)cn1. The number of likely N-dealkylation sites (tertiary alicyclic amines) is 1. The van der Waals surface area contributed by atoms with Gasteiger partial charge in [-0.15, -0.1) is 0 Å². The van der Waals surface area contributed by atoms with Gasteiger partial charge in [0.25, 0.3) is 0 Å². The Bertz CT molecular complexity index is 574. The van der Waals surface area contributed by atoms with E-state index in [-0.39, 0.29) is 0 Å². The lowest BCUT2D eigenvalue weighted by Crippen LogP contribution is -2.23. The van der Waals surface area contributed by atoms with Gasteiger partial charge < -0.3 is 20.5 Å². The molecule has 7 nitrogen and oxygen atoms in total. The molecule has 0 unspecified atom stereocenters. The number of rotatable bonds is 3. The topological polar surface area (TPSA) is 93.1 Å². The molecule has 3 heterocycles. The summed E-state index contributed by atoms with van der Waals surface area (Å²) >= 11 is 0. The molecule has 0 amide bonds. The summed E-state index contributed by atoms with van der Waals surface area (Å²) < 4.78 is 4.62. The standard InChI is InChI=1S/C8H8N4O.C7H14N2.C2H6/c1-9-7-3-2-6(4-10-7)8-11-5-13-12-8;1-2-7(8)9-5-3-4-6-9;1-2/h2-5H,1H3,(H,9,10);2H,3-6,8H2,1H3;1-2H3/b;7-2-;. The van der Waals surface area contributed by atoms with E-state index in [4.69, 9.17) is 5.73 Å². The molecule has 1 aliphatic rings. The van der Waals surface area contributed by atoms with Crippen molar-refractivity contribution in [2.45, 2.75) is 33.6 Å². The van der Waals surface area contributed by atoms with Crippen LogP contribution in [0.4, 0.5) is 5.82 Å². The van der Waals surface area contributed by atoms with E-state index in [1.54, 1.807) is 6.20 Å². The quantitative estimate of drug-likeness (QED) is 0.892. The largest absolute Gasteiger partial charge is 0.386 e. The molecule has 1 aliphatic heterocycles. The van der Waals surface area contributed by atoms with E-state index in [1.807, 2.05) is 46.0 Å². The van der Waals surface area contributed by atoms with Crippen molar-refractivity contribution in [3.05, 3.63) is 36.6 Å². The molecule has 7 heteroatoms. The van der Waals surface area contributed by atoms with E-state index in [0.717, 1.165) is 30.3 Å². The predicted octanol–water partition coefficient (Wildman–Crippen LogP) is 3.10. The molecule has 3 N–H and O–H groups in total. The minimum atomic E-state index is 0.551. The zero-order valence-corrected chi connectivity index (χ0v) is 15.0. The zero-order valence-electron chi connectivity index (χ0n) is 15.0. The molecule has 0 spiro atoms. The van der Waals surface area contributed by atoms with Crippen molar-refractivity contribution >= 4 is 5.82 Å². The van der Waals surface area contributed by atoms with E-state index in [1.165, 1.54) is 19.2 Å². The van der Waals surface area contributed by atoms with Crippen LogP contribution in [0.25, 0.3) is 11.4 Å². The summed E-state index contributed by atoms with van der Waals surface area (Å²) in [6.45, 7) is 8.28. The fourth-order valence-corrected chi connectivity index (χ4v) is 2.13. The molecule has 1 saturated heterocycles. The maximum Gasteiger partial charge on any atom is 0.214 e. The van der Waals surface area contributed by atoms with E-state index in [9.17, 15) is 0 Å². The number of hydrogen-bond acceptors (Lipinski definition) is 7. The first-order valence-electron chi connectivity index (χ1n) is 8.32. The van der Waals surface area contributed by atoms with E-state index in [2.05, 4.69) is 29.9 Å². The van der Waals surface area contributed by atoms with Crippen molar-refractivity contribution in [3.8, 4) is 11.4 Å². The lowest BCUT2D eigenvalue weighted by atomic mass is 10.3. The van der Waals surface area contributed by atoms with E-state index >= 15 is 0 Å². The van der Waals surface area contributed by atoms with Gasteiger partial charge in [-0.3, -0.25) is 0 Å². The van der Waals surface area contributed by atoms with Gasteiger partial charge in [-0.05, 0) is 38.0 Å². The molecule has 0 atom stereocenters. The van der Waals surface area contributed by atoms with Crippen LogP contribution < -0.4 is 11.1 Å². The molecule has 1 fully saturated rings. The fourth-order valence-electron chi connectivity index (χ4n) is 2.13. The molecule has 0 saturated carbocycles. The third kappa shape index (κ3) is 5.91. The Hall–Kier alpha value is -2.57. The Morgan fingerprint density at radius 1 is 1.25 bits per heavy atom. The monoisotopic (exact) mass is 332 g/mol. The van der Waals surface area contributed by atoms with Gasteiger partial charge in [0.2, 0.25) is 12.2 Å². The van der Waals surface area contributed by atoms with E-state index in [0.29, 0.717) is 5.82 Å². The second-order valence-electron chi connectivity index (χ2n) is 4.84.